The average Bonchev–Trinajstić information content (AvgIpc) is 2.41. The predicted octanol–water partition coefficient (Wildman–Crippen LogP) is 4.00. The van der Waals surface area contributed by atoms with E-state index in [1.165, 1.54) is 5.56 Å². The molecule has 1 saturated carbocycles. The fourth-order valence-corrected chi connectivity index (χ4v) is 4.12. The molecule has 0 radical (unpaired) electrons. The Morgan fingerprint density at radius 2 is 2.00 bits per heavy atom. The molecule has 2 rings (SSSR count). The second-order valence-electron chi connectivity index (χ2n) is 5.22. The van der Waals surface area contributed by atoms with Gasteiger partial charge in [-0.05, 0) is 82.2 Å². The Bertz CT molecular complexity index is 430. The third-order valence-electron chi connectivity index (χ3n) is 3.59. The third kappa shape index (κ3) is 4.45. The average molecular weight is 407 g/mol. The fraction of sp³-hybridized carbons (Fsp3) is 0.600. The van der Waals surface area contributed by atoms with E-state index in [0.717, 1.165) is 46.9 Å². The first kappa shape index (κ1) is 16.3. The van der Waals surface area contributed by atoms with E-state index in [1.807, 2.05) is 6.92 Å². The van der Waals surface area contributed by atoms with Gasteiger partial charge in [0.15, 0.2) is 0 Å². The summed E-state index contributed by atoms with van der Waals surface area (Å²) in [5.41, 5.74) is 1.20. The van der Waals surface area contributed by atoms with Crippen LogP contribution in [0.25, 0.3) is 0 Å². The zero-order valence-corrected chi connectivity index (χ0v) is 14.8. The molecule has 0 heterocycles. The SMILES string of the molecule is CCOc1c(Br)cc(CNC2CCCC(O)C2)cc1Br. The summed E-state index contributed by atoms with van der Waals surface area (Å²) in [6.45, 7) is 3.43. The topological polar surface area (TPSA) is 41.5 Å². The van der Waals surface area contributed by atoms with Crippen molar-refractivity contribution in [1.29, 1.82) is 0 Å². The van der Waals surface area contributed by atoms with Crippen molar-refractivity contribution in [2.24, 2.45) is 0 Å². The molecule has 0 spiro atoms. The smallest absolute Gasteiger partial charge is 0.147 e. The van der Waals surface area contributed by atoms with Crippen LogP contribution in [-0.2, 0) is 6.54 Å². The van der Waals surface area contributed by atoms with Gasteiger partial charge in [0.2, 0.25) is 0 Å². The molecule has 0 bridgehead atoms. The lowest BCUT2D eigenvalue weighted by molar-refractivity contribution is 0.111. The normalized spacial score (nSPS) is 22.8. The van der Waals surface area contributed by atoms with Crippen molar-refractivity contribution in [2.75, 3.05) is 6.61 Å². The van der Waals surface area contributed by atoms with E-state index in [9.17, 15) is 5.11 Å². The molecule has 3 nitrogen and oxygen atoms in total. The highest BCUT2D eigenvalue weighted by atomic mass is 79.9. The van der Waals surface area contributed by atoms with Crippen LogP contribution in [0.1, 0.15) is 38.2 Å². The predicted molar refractivity (Wildman–Crippen MR) is 88.1 cm³/mol. The molecule has 0 saturated heterocycles. The van der Waals surface area contributed by atoms with Crippen LogP contribution < -0.4 is 10.1 Å². The second kappa shape index (κ2) is 7.78. The number of hydrogen-bond acceptors (Lipinski definition) is 3. The van der Waals surface area contributed by atoms with Crippen molar-refractivity contribution >= 4 is 31.9 Å². The highest BCUT2D eigenvalue weighted by Gasteiger charge is 2.19. The Morgan fingerprint density at radius 3 is 2.60 bits per heavy atom. The van der Waals surface area contributed by atoms with Crippen molar-refractivity contribution in [3.05, 3.63) is 26.6 Å². The molecule has 1 aromatic rings. The third-order valence-corrected chi connectivity index (χ3v) is 4.77. The summed E-state index contributed by atoms with van der Waals surface area (Å²) in [6, 6.07) is 4.59. The molecule has 0 aromatic heterocycles. The summed E-state index contributed by atoms with van der Waals surface area (Å²) in [7, 11) is 0. The summed E-state index contributed by atoms with van der Waals surface area (Å²) >= 11 is 7.10. The summed E-state index contributed by atoms with van der Waals surface area (Å²) < 4.78 is 7.52. The van der Waals surface area contributed by atoms with Gasteiger partial charge in [0.25, 0.3) is 0 Å². The fourth-order valence-electron chi connectivity index (χ4n) is 2.61. The number of aliphatic hydroxyl groups is 1. The molecule has 5 heteroatoms. The van der Waals surface area contributed by atoms with Crippen LogP contribution >= 0.6 is 31.9 Å². The largest absolute Gasteiger partial charge is 0.492 e. The Labute approximate surface area is 137 Å². The van der Waals surface area contributed by atoms with Crippen molar-refractivity contribution in [3.63, 3.8) is 0 Å². The Hall–Kier alpha value is -0.100. The van der Waals surface area contributed by atoms with E-state index in [2.05, 4.69) is 49.3 Å². The van der Waals surface area contributed by atoms with Crippen LogP contribution in [0.15, 0.2) is 21.1 Å². The lowest BCUT2D eigenvalue weighted by atomic mass is 9.93. The van der Waals surface area contributed by atoms with E-state index in [-0.39, 0.29) is 6.10 Å². The summed E-state index contributed by atoms with van der Waals surface area (Å²) in [5.74, 6) is 0.851. The van der Waals surface area contributed by atoms with Crippen LogP contribution in [0.2, 0.25) is 0 Å². The molecular weight excluding hydrogens is 386 g/mol. The number of rotatable bonds is 5. The minimum Gasteiger partial charge on any atom is -0.492 e. The van der Waals surface area contributed by atoms with Crippen molar-refractivity contribution < 1.29 is 9.84 Å². The molecule has 1 aliphatic carbocycles. The van der Waals surface area contributed by atoms with Gasteiger partial charge in [-0.3, -0.25) is 0 Å². The molecule has 2 atom stereocenters. The zero-order chi connectivity index (χ0) is 14.5. The standard InChI is InChI=1S/C15H21Br2NO2/c1-2-20-15-13(16)6-10(7-14(15)17)9-18-11-4-3-5-12(19)8-11/h6-7,11-12,18-19H,2-5,8-9H2,1H3. The number of aliphatic hydroxyl groups excluding tert-OH is 1. The van der Waals surface area contributed by atoms with Crippen LogP contribution in [-0.4, -0.2) is 23.9 Å². The number of ether oxygens (including phenoxy) is 1. The Kier molecular flexibility index (Phi) is 6.33. The van der Waals surface area contributed by atoms with Gasteiger partial charge in [-0.25, -0.2) is 0 Å². The minimum atomic E-state index is -0.139. The van der Waals surface area contributed by atoms with Crippen molar-refractivity contribution in [1.82, 2.24) is 5.32 Å². The van der Waals surface area contributed by atoms with E-state index in [4.69, 9.17) is 4.74 Å². The van der Waals surface area contributed by atoms with Gasteiger partial charge >= 0.3 is 0 Å². The second-order valence-corrected chi connectivity index (χ2v) is 6.93. The van der Waals surface area contributed by atoms with Crippen molar-refractivity contribution in [2.45, 2.75) is 51.3 Å². The van der Waals surface area contributed by atoms with Gasteiger partial charge in [-0.1, -0.05) is 0 Å². The van der Waals surface area contributed by atoms with Gasteiger partial charge in [-0.15, -0.1) is 0 Å². The summed E-state index contributed by atoms with van der Waals surface area (Å²) in [6.07, 6.45) is 3.92. The van der Waals surface area contributed by atoms with Crippen molar-refractivity contribution in [3.8, 4) is 5.75 Å². The van der Waals surface area contributed by atoms with E-state index < -0.39 is 0 Å². The number of benzene rings is 1. The summed E-state index contributed by atoms with van der Waals surface area (Å²) in [4.78, 5) is 0. The Morgan fingerprint density at radius 1 is 1.30 bits per heavy atom. The molecule has 2 unspecified atom stereocenters. The molecule has 112 valence electrons. The van der Waals surface area contributed by atoms with Crippen LogP contribution in [0.4, 0.5) is 0 Å². The van der Waals surface area contributed by atoms with E-state index >= 15 is 0 Å². The maximum absolute atomic E-state index is 9.69. The molecule has 20 heavy (non-hydrogen) atoms. The maximum atomic E-state index is 9.69. The highest BCUT2D eigenvalue weighted by Crippen LogP contribution is 2.34. The molecule has 2 N–H and O–H groups in total. The molecule has 0 aliphatic heterocycles. The lowest BCUT2D eigenvalue weighted by Gasteiger charge is -2.27. The number of hydrogen-bond donors (Lipinski definition) is 2. The first-order valence-corrected chi connectivity index (χ1v) is 8.71. The molecule has 1 aliphatic rings. The van der Waals surface area contributed by atoms with E-state index in [0.29, 0.717) is 12.6 Å². The lowest BCUT2D eigenvalue weighted by Crippen LogP contribution is -2.35. The van der Waals surface area contributed by atoms with Gasteiger partial charge in [0.05, 0.1) is 21.7 Å². The molecular formula is C15H21Br2NO2. The first-order valence-electron chi connectivity index (χ1n) is 7.12. The van der Waals surface area contributed by atoms with Crippen LogP contribution in [0.5, 0.6) is 5.75 Å². The van der Waals surface area contributed by atoms with E-state index in [1.54, 1.807) is 0 Å². The van der Waals surface area contributed by atoms with Crippen LogP contribution in [0, 0.1) is 0 Å². The monoisotopic (exact) mass is 405 g/mol. The van der Waals surface area contributed by atoms with Gasteiger partial charge in [-0.2, -0.15) is 0 Å². The quantitative estimate of drug-likeness (QED) is 0.776. The number of halogens is 2. The molecule has 0 amide bonds. The zero-order valence-electron chi connectivity index (χ0n) is 11.7. The molecule has 1 fully saturated rings. The molecule has 1 aromatic carbocycles. The highest BCUT2D eigenvalue weighted by molar-refractivity contribution is 9.11. The van der Waals surface area contributed by atoms with Gasteiger partial charge in [0.1, 0.15) is 5.75 Å². The Balaban J connectivity index is 1.96. The summed E-state index contributed by atoms with van der Waals surface area (Å²) in [5, 5.41) is 13.2. The van der Waals surface area contributed by atoms with Gasteiger partial charge < -0.3 is 15.2 Å². The number of nitrogens with one attached hydrogen (secondary N) is 1. The maximum Gasteiger partial charge on any atom is 0.147 e. The minimum absolute atomic E-state index is 0.139. The van der Waals surface area contributed by atoms with Crippen LogP contribution in [0.3, 0.4) is 0 Å². The first-order chi connectivity index (χ1) is 9.60. The van der Waals surface area contributed by atoms with Gasteiger partial charge in [0, 0.05) is 12.6 Å².